The summed E-state index contributed by atoms with van der Waals surface area (Å²) in [5.74, 6) is -0.503. The fourth-order valence-electron chi connectivity index (χ4n) is 2.34. The second kappa shape index (κ2) is 7.93. The van der Waals surface area contributed by atoms with Gasteiger partial charge in [-0.3, -0.25) is 4.79 Å². The molecule has 3 rings (SSSR count). The summed E-state index contributed by atoms with van der Waals surface area (Å²) in [5.41, 5.74) is 2.13. The lowest BCUT2D eigenvalue weighted by atomic mass is 10.2. The van der Waals surface area contributed by atoms with E-state index in [1.54, 1.807) is 31.2 Å². The third kappa shape index (κ3) is 4.55. The van der Waals surface area contributed by atoms with Crippen LogP contribution in [0.5, 0.6) is 0 Å². The van der Waals surface area contributed by atoms with Crippen LogP contribution in [-0.2, 0) is 6.54 Å². The first-order valence-corrected chi connectivity index (χ1v) is 8.29. The number of carbonyl (C=O) groups excluding carboxylic acids is 1. The van der Waals surface area contributed by atoms with Crippen molar-refractivity contribution in [2.45, 2.75) is 13.5 Å². The van der Waals surface area contributed by atoms with E-state index in [2.05, 4.69) is 20.6 Å². The number of hydrogen-bond donors (Lipinski definition) is 2. The summed E-state index contributed by atoms with van der Waals surface area (Å²) in [5, 5.41) is 6.27. The monoisotopic (exact) mass is 370 g/mol. The van der Waals surface area contributed by atoms with Crippen LogP contribution in [0, 0.1) is 12.7 Å². The van der Waals surface area contributed by atoms with Gasteiger partial charge in [0.05, 0.1) is 0 Å². The van der Waals surface area contributed by atoms with Crippen LogP contribution in [0.3, 0.4) is 0 Å². The van der Waals surface area contributed by atoms with Gasteiger partial charge in [-0.2, -0.15) is 0 Å². The van der Waals surface area contributed by atoms with Gasteiger partial charge >= 0.3 is 0 Å². The first-order valence-electron chi connectivity index (χ1n) is 7.91. The molecular formula is C19H16ClFN4O. The summed E-state index contributed by atoms with van der Waals surface area (Å²) in [6.07, 6.45) is 0. The molecule has 0 atom stereocenters. The summed E-state index contributed by atoms with van der Waals surface area (Å²) in [7, 11) is 0. The Kier molecular flexibility index (Phi) is 5.43. The Labute approximate surface area is 155 Å². The Hall–Kier alpha value is -2.99. The van der Waals surface area contributed by atoms with Gasteiger partial charge in [0, 0.05) is 22.9 Å². The first-order chi connectivity index (χ1) is 12.5. The van der Waals surface area contributed by atoms with Crippen LogP contribution in [0.2, 0.25) is 5.02 Å². The Morgan fingerprint density at radius 3 is 2.69 bits per heavy atom. The average Bonchev–Trinajstić information content (AvgIpc) is 2.60. The van der Waals surface area contributed by atoms with E-state index in [1.807, 2.05) is 18.2 Å². The number of amides is 1. The normalized spacial score (nSPS) is 10.4. The standard InChI is InChI=1S/C19H16ClFN4O/c1-12-9-17(18(26)22-11-13-5-2-3-8-16(13)20)25-19(23-12)24-15-7-4-6-14(21)10-15/h2-10H,11H2,1H3,(H,22,26)(H,23,24,25). The predicted octanol–water partition coefficient (Wildman–Crippen LogP) is 4.25. The van der Waals surface area contributed by atoms with E-state index in [1.165, 1.54) is 12.1 Å². The molecule has 1 amide bonds. The van der Waals surface area contributed by atoms with Crippen LogP contribution in [0.4, 0.5) is 16.0 Å². The predicted molar refractivity (Wildman–Crippen MR) is 99.1 cm³/mol. The highest BCUT2D eigenvalue weighted by Crippen LogP contribution is 2.16. The van der Waals surface area contributed by atoms with E-state index in [9.17, 15) is 9.18 Å². The van der Waals surface area contributed by atoms with Crippen LogP contribution in [0.1, 0.15) is 21.7 Å². The van der Waals surface area contributed by atoms with E-state index in [0.717, 1.165) is 5.56 Å². The van der Waals surface area contributed by atoms with Crippen molar-refractivity contribution >= 4 is 29.1 Å². The van der Waals surface area contributed by atoms with Gasteiger partial charge in [0.25, 0.3) is 5.91 Å². The molecule has 2 aromatic carbocycles. The smallest absolute Gasteiger partial charge is 0.270 e. The van der Waals surface area contributed by atoms with E-state index in [0.29, 0.717) is 16.4 Å². The molecule has 1 heterocycles. The molecule has 0 bridgehead atoms. The minimum Gasteiger partial charge on any atom is -0.347 e. The number of rotatable bonds is 5. The maximum Gasteiger partial charge on any atom is 0.270 e. The number of benzene rings is 2. The summed E-state index contributed by atoms with van der Waals surface area (Å²) < 4.78 is 13.3. The highest BCUT2D eigenvalue weighted by atomic mass is 35.5. The van der Waals surface area contributed by atoms with Crippen LogP contribution >= 0.6 is 11.6 Å². The van der Waals surface area contributed by atoms with Crippen molar-refractivity contribution in [3.63, 3.8) is 0 Å². The number of nitrogens with zero attached hydrogens (tertiary/aromatic N) is 2. The third-order valence-electron chi connectivity index (χ3n) is 3.56. The number of nitrogens with one attached hydrogen (secondary N) is 2. The van der Waals surface area contributed by atoms with Crippen molar-refractivity contribution < 1.29 is 9.18 Å². The van der Waals surface area contributed by atoms with Gasteiger partial charge < -0.3 is 10.6 Å². The van der Waals surface area contributed by atoms with E-state index < -0.39 is 0 Å². The van der Waals surface area contributed by atoms with Gasteiger partial charge in [0.1, 0.15) is 11.5 Å². The number of halogens is 2. The number of hydrogen-bond acceptors (Lipinski definition) is 4. The van der Waals surface area contributed by atoms with Gasteiger partial charge in [-0.05, 0) is 42.8 Å². The lowest BCUT2D eigenvalue weighted by Gasteiger charge is -2.09. The zero-order valence-corrected chi connectivity index (χ0v) is 14.7. The van der Waals surface area contributed by atoms with Crippen LogP contribution in [0.15, 0.2) is 54.6 Å². The molecule has 0 aliphatic rings. The van der Waals surface area contributed by atoms with Crippen LogP contribution in [0.25, 0.3) is 0 Å². The zero-order valence-electron chi connectivity index (χ0n) is 14.0. The highest BCUT2D eigenvalue weighted by Gasteiger charge is 2.11. The number of carbonyl (C=O) groups is 1. The topological polar surface area (TPSA) is 66.9 Å². The van der Waals surface area contributed by atoms with Crippen molar-refractivity contribution in [3.05, 3.63) is 82.4 Å². The first kappa shape index (κ1) is 17.8. The van der Waals surface area contributed by atoms with Gasteiger partial charge in [0.2, 0.25) is 5.95 Å². The molecule has 0 saturated carbocycles. The second-order valence-electron chi connectivity index (χ2n) is 5.63. The molecule has 0 fully saturated rings. The van der Waals surface area contributed by atoms with Gasteiger partial charge in [-0.15, -0.1) is 0 Å². The van der Waals surface area contributed by atoms with Crippen molar-refractivity contribution in [2.24, 2.45) is 0 Å². The summed E-state index contributed by atoms with van der Waals surface area (Å²) in [4.78, 5) is 20.8. The number of aryl methyl sites for hydroxylation is 1. The van der Waals surface area contributed by atoms with Gasteiger partial charge in [0.15, 0.2) is 0 Å². The largest absolute Gasteiger partial charge is 0.347 e. The van der Waals surface area contributed by atoms with Crippen molar-refractivity contribution in [1.29, 1.82) is 0 Å². The molecule has 7 heteroatoms. The molecule has 3 aromatic rings. The van der Waals surface area contributed by atoms with Crippen molar-refractivity contribution in [3.8, 4) is 0 Å². The fraction of sp³-hybridized carbons (Fsp3) is 0.105. The highest BCUT2D eigenvalue weighted by molar-refractivity contribution is 6.31. The third-order valence-corrected chi connectivity index (χ3v) is 3.93. The van der Waals surface area contributed by atoms with Gasteiger partial charge in [-0.25, -0.2) is 14.4 Å². The Bertz CT molecular complexity index is 948. The quantitative estimate of drug-likeness (QED) is 0.704. The lowest BCUT2D eigenvalue weighted by molar-refractivity contribution is 0.0946. The average molecular weight is 371 g/mol. The van der Waals surface area contributed by atoms with Gasteiger partial charge in [-0.1, -0.05) is 35.9 Å². The molecule has 0 unspecified atom stereocenters. The maximum absolute atomic E-state index is 13.3. The van der Waals surface area contributed by atoms with Crippen LogP contribution < -0.4 is 10.6 Å². The summed E-state index contributed by atoms with van der Waals surface area (Å²) in [6, 6.07) is 14.8. The molecule has 2 N–H and O–H groups in total. The molecule has 0 radical (unpaired) electrons. The SMILES string of the molecule is Cc1cc(C(=O)NCc2ccccc2Cl)nc(Nc2cccc(F)c2)n1. The molecule has 132 valence electrons. The lowest BCUT2D eigenvalue weighted by Crippen LogP contribution is -2.24. The molecular weight excluding hydrogens is 355 g/mol. The Balaban J connectivity index is 1.74. The molecule has 0 aliphatic carbocycles. The minimum absolute atomic E-state index is 0.212. The Morgan fingerprint density at radius 1 is 1.12 bits per heavy atom. The van der Waals surface area contributed by atoms with E-state index in [-0.39, 0.29) is 29.9 Å². The van der Waals surface area contributed by atoms with E-state index >= 15 is 0 Å². The number of aromatic nitrogens is 2. The van der Waals surface area contributed by atoms with Crippen molar-refractivity contribution in [2.75, 3.05) is 5.32 Å². The molecule has 0 aliphatic heterocycles. The summed E-state index contributed by atoms with van der Waals surface area (Å²) in [6.45, 7) is 2.04. The summed E-state index contributed by atoms with van der Waals surface area (Å²) >= 11 is 6.09. The fourth-order valence-corrected chi connectivity index (χ4v) is 2.55. The number of anilines is 2. The minimum atomic E-state index is -0.375. The van der Waals surface area contributed by atoms with Crippen LogP contribution in [-0.4, -0.2) is 15.9 Å². The second-order valence-corrected chi connectivity index (χ2v) is 6.03. The van der Waals surface area contributed by atoms with Crippen molar-refractivity contribution in [1.82, 2.24) is 15.3 Å². The molecule has 1 aromatic heterocycles. The Morgan fingerprint density at radius 2 is 1.92 bits per heavy atom. The molecule has 5 nitrogen and oxygen atoms in total. The zero-order chi connectivity index (χ0) is 18.5. The van der Waals surface area contributed by atoms with E-state index in [4.69, 9.17) is 11.6 Å². The molecule has 0 saturated heterocycles. The molecule has 26 heavy (non-hydrogen) atoms. The maximum atomic E-state index is 13.3. The molecule has 0 spiro atoms.